The van der Waals surface area contributed by atoms with Crippen LogP contribution in [0.2, 0.25) is 0 Å². The van der Waals surface area contributed by atoms with Gasteiger partial charge in [-0.25, -0.2) is 4.79 Å². The smallest absolute Gasteiger partial charge is 0.319 e. The number of Topliss-reactive ketones (excluding diaryl/α,β-unsaturated/α-hetero) is 2. The third-order valence-electron chi connectivity index (χ3n) is 10.2. The molecule has 3 aliphatic rings. The topological polar surface area (TPSA) is 199 Å². The number of nitrogens with one attached hydrogen (secondary N) is 2. The first-order valence-corrected chi connectivity index (χ1v) is 15.0. The number of ketones is 2. The number of amides is 3. The second-order valence-corrected chi connectivity index (χ2v) is 15.2. The van der Waals surface area contributed by atoms with Crippen LogP contribution in [-0.2, 0) is 16.0 Å². The molecule has 43 heavy (non-hydrogen) atoms. The second kappa shape index (κ2) is 10.3. The molecule has 238 valence electrons. The molecule has 4 rings (SSSR count). The minimum atomic E-state index is -2.59. The molecule has 3 aliphatic carbocycles. The Morgan fingerprint density at radius 2 is 1.67 bits per heavy atom. The number of aliphatic hydroxyl groups excluding tert-OH is 2. The normalized spacial score (nSPS) is 35.7. The van der Waals surface area contributed by atoms with Crippen LogP contribution in [0.3, 0.4) is 0 Å². The summed E-state index contributed by atoms with van der Waals surface area (Å²) in [5.74, 6) is -7.76. The number of fused-ring (bicyclic) bond motifs is 3. The number of aliphatic hydroxyl groups is 3. The highest BCUT2D eigenvalue weighted by molar-refractivity contribution is 6.10. The third kappa shape index (κ3) is 4.75. The van der Waals surface area contributed by atoms with Gasteiger partial charge in [0.25, 0.3) is 0 Å². The van der Waals surface area contributed by atoms with E-state index >= 15 is 0 Å². The molecule has 0 heterocycles. The number of carbonyl (C=O) groups is 4. The Kier molecular flexibility index (Phi) is 7.86. The van der Waals surface area contributed by atoms with Gasteiger partial charge < -0.3 is 36.8 Å². The molecule has 0 aromatic heterocycles. The summed E-state index contributed by atoms with van der Waals surface area (Å²) in [4.78, 5) is 53.4. The summed E-state index contributed by atoms with van der Waals surface area (Å²) in [5.41, 5.74) is 1.16. The van der Waals surface area contributed by atoms with E-state index in [1.54, 1.807) is 47.6 Å². The van der Waals surface area contributed by atoms with E-state index in [1.165, 1.54) is 0 Å². The second-order valence-electron chi connectivity index (χ2n) is 15.2. The zero-order valence-electron chi connectivity index (χ0n) is 26.5. The van der Waals surface area contributed by atoms with E-state index in [2.05, 4.69) is 10.6 Å². The monoisotopic (exact) mass is 601 g/mol. The lowest BCUT2D eigenvalue weighted by atomic mass is 9.39. The van der Waals surface area contributed by atoms with E-state index in [0.717, 1.165) is 5.56 Å². The minimum absolute atomic E-state index is 0.0144. The number of phenols is 1. The fraction of sp³-hybridized carbons (Fsp3) is 0.688. The molecule has 11 heteroatoms. The van der Waals surface area contributed by atoms with Crippen LogP contribution in [0.15, 0.2) is 6.07 Å². The van der Waals surface area contributed by atoms with Gasteiger partial charge in [-0.3, -0.25) is 14.4 Å². The lowest BCUT2D eigenvalue weighted by Gasteiger charge is -2.66. The number of anilines is 1. The first-order valence-electron chi connectivity index (χ1n) is 15.0. The Balaban J connectivity index is 1.93. The van der Waals surface area contributed by atoms with Crippen molar-refractivity contribution in [2.75, 3.05) is 5.32 Å². The van der Waals surface area contributed by atoms with Gasteiger partial charge in [-0.1, -0.05) is 41.5 Å². The van der Waals surface area contributed by atoms with E-state index in [-0.39, 0.29) is 35.9 Å². The van der Waals surface area contributed by atoms with Gasteiger partial charge in [-0.05, 0) is 74.0 Å². The highest BCUT2D eigenvalue weighted by Crippen LogP contribution is 2.66. The predicted octanol–water partition coefficient (Wildman–Crippen LogP) is 2.62. The van der Waals surface area contributed by atoms with E-state index < -0.39 is 81.2 Å². The van der Waals surface area contributed by atoms with Crippen LogP contribution in [0.1, 0.15) is 96.1 Å². The Morgan fingerprint density at radius 1 is 1.09 bits per heavy atom. The van der Waals surface area contributed by atoms with Crippen molar-refractivity contribution in [3.8, 4) is 5.75 Å². The van der Waals surface area contributed by atoms with Crippen molar-refractivity contribution in [3.05, 3.63) is 22.8 Å². The molecule has 8 N–H and O–H groups in total. The standard InChI is InChI=1S/C32H47N3O8/c1-13(2)15-10-17(34-28(42)35-29(5,6)7)22(36)18-16(15)11-30(8)12-31(9)20(14(3)4)24(38)19(27(33)41)25(39)32(31,43)26(40)21(30)23(18)37/h10,13-14,19-21,24,26,36,38,40,43H,11-12H2,1-9H3,(H2,33,41)(H2,34,35,42)/t19-,20+,21-,24?,26?,30-,31-,32+/m1/s1. The van der Waals surface area contributed by atoms with Crippen LogP contribution < -0.4 is 16.4 Å². The van der Waals surface area contributed by atoms with Crippen molar-refractivity contribution >= 4 is 29.2 Å². The number of hydrogen-bond acceptors (Lipinski definition) is 8. The summed E-state index contributed by atoms with van der Waals surface area (Å²) in [5, 5.41) is 52.3. The maximum Gasteiger partial charge on any atom is 0.319 e. The molecule has 2 unspecified atom stereocenters. The summed E-state index contributed by atoms with van der Waals surface area (Å²) in [6, 6.07) is 1.06. The maximum absolute atomic E-state index is 14.4. The van der Waals surface area contributed by atoms with E-state index in [1.807, 2.05) is 20.8 Å². The molecule has 0 spiro atoms. The van der Waals surface area contributed by atoms with E-state index in [0.29, 0.717) is 5.56 Å². The van der Waals surface area contributed by atoms with Crippen LogP contribution in [0.4, 0.5) is 10.5 Å². The fourth-order valence-electron chi connectivity index (χ4n) is 8.73. The van der Waals surface area contributed by atoms with Crippen LogP contribution in [0.25, 0.3) is 0 Å². The fourth-order valence-corrected chi connectivity index (χ4v) is 8.73. The number of phenolic OH excluding ortho intramolecular Hbond substituents is 1. The molecule has 1 aromatic rings. The maximum atomic E-state index is 14.4. The van der Waals surface area contributed by atoms with E-state index in [9.17, 15) is 39.6 Å². The van der Waals surface area contributed by atoms with Gasteiger partial charge in [0.15, 0.2) is 17.2 Å². The van der Waals surface area contributed by atoms with Crippen molar-refractivity contribution in [2.45, 2.75) is 104 Å². The number of primary amides is 1. The lowest BCUT2D eigenvalue weighted by Crippen LogP contribution is -2.79. The number of hydrogen-bond donors (Lipinski definition) is 7. The first kappa shape index (κ1) is 32.9. The highest BCUT2D eigenvalue weighted by Gasteiger charge is 2.76. The average Bonchev–Trinajstić information content (AvgIpc) is 2.81. The number of benzene rings is 1. The van der Waals surface area contributed by atoms with Crippen LogP contribution in [0.5, 0.6) is 5.75 Å². The molecular formula is C32H47N3O8. The molecule has 8 atom stereocenters. The minimum Gasteiger partial charge on any atom is -0.505 e. The Morgan fingerprint density at radius 3 is 2.16 bits per heavy atom. The SMILES string of the molecule is CC(C)c1cc(NC(=O)NC(C)(C)C)c(O)c2c1C[C@]1(C)C[C@]3(C)[C@@H](C(C)C)C(O)[C@@H](C(N)=O)C(=O)[C@]3(O)C(O)[C@H]1C2=O. The van der Waals surface area contributed by atoms with Crippen molar-refractivity contribution in [3.63, 3.8) is 0 Å². The van der Waals surface area contributed by atoms with Crippen molar-refractivity contribution in [1.29, 1.82) is 0 Å². The molecule has 0 aliphatic heterocycles. The summed E-state index contributed by atoms with van der Waals surface area (Å²) < 4.78 is 0. The van der Waals surface area contributed by atoms with Crippen molar-refractivity contribution in [1.82, 2.24) is 5.32 Å². The quantitative estimate of drug-likeness (QED) is 0.202. The van der Waals surface area contributed by atoms with Crippen LogP contribution in [0, 0.1) is 34.5 Å². The van der Waals surface area contributed by atoms with Crippen LogP contribution >= 0.6 is 0 Å². The van der Waals surface area contributed by atoms with Gasteiger partial charge in [0, 0.05) is 11.0 Å². The molecule has 0 saturated heterocycles. The van der Waals surface area contributed by atoms with Crippen molar-refractivity contribution < 1.29 is 39.6 Å². The highest BCUT2D eigenvalue weighted by atomic mass is 16.4. The van der Waals surface area contributed by atoms with Gasteiger partial charge in [-0.2, -0.15) is 0 Å². The number of nitrogens with two attached hydrogens (primary N) is 1. The number of urea groups is 1. The predicted molar refractivity (Wildman–Crippen MR) is 159 cm³/mol. The molecule has 1 aromatic carbocycles. The van der Waals surface area contributed by atoms with Crippen LogP contribution in [-0.4, -0.2) is 67.3 Å². The van der Waals surface area contributed by atoms with Gasteiger partial charge in [0.05, 0.1) is 23.3 Å². The number of rotatable bonds is 4. The molecule has 0 bridgehead atoms. The molecule has 2 fully saturated rings. The molecule has 3 amide bonds. The number of aromatic hydroxyl groups is 1. The molecule has 2 saturated carbocycles. The zero-order chi connectivity index (χ0) is 32.8. The summed E-state index contributed by atoms with van der Waals surface area (Å²) in [6.45, 7) is 16.3. The first-order chi connectivity index (χ1) is 19.5. The Bertz CT molecular complexity index is 1380. The average molecular weight is 602 g/mol. The van der Waals surface area contributed by atoms with Crippen molar-refractivity contribution in [2.24, 2.45) is 40.2 Å². The molecule has 0 radical (unpaired) electrons. The lowest BCUT2D eigenvalue weighted by molar-refractivity contribution is -0.265. The summed E-state index contributed by atoms with van der Waals surface area (Å²) in [6.07, 6.45) is -3.18. The van der Waals surface area contributed by atoms with Gasteiger partial charge in [0.1, 0.15) is 17.8 Å². The third-order valence-corrected chi connectivity index (χ3v) is 10.2. The van der Waals surface area contributed by atoms with Gasteiger partial charge in [-0.15, -0.1) is 0 Å². The zero-order valence-corrected chi connectivity index (χ0v) is 26.5. The Hall–Kier alpha value is -3.02. The molecule has 11 nitrogen and oxygen atoms in total. The van der Waals surface area contributed by atoms with E-state index in [4.69, 9.17) is 5.73 Å². The summed E-state index contributed by atoms with van der Waals surface area (Å²) >= 11 is 0. The summed E-state index contributed by atoms with van der Waals surface area (Å²) in [7, 11) is 0. The number of carbonyl (C=O) groups excluding carboxylic acids is 4. The largest absolute Gasteiger partial charge is 0.505 e. The Labute approximate surface area is 252 Å². The molecular weight excluding hydrogens is 554 g/mol. The van der Waals surface area contributed by atoms with Gasteiger partial charge in [0.2, 0.25) is 5.91 Å². The van der Waals surface area contributed by atoms with Gasteiger partial charge >= 0.3 is 6.03 Å².